The van der Waals surface area contributed by atoms with Gasteiger partial charge in [-0.15, -0.1) is 11.3 Å². The predicted octanol–water partition coefficient (Wildman–Crippen LogP) is 3.74. The summed E-state index contributed by atoms with van der Waals surface area (Å²) >= 11 is 1.65. The molecule has 3 aromatic rings. The molecule has 0 radical (unpaired) electrons. The van der Waals surface area contributed by atoms with Crippen LogP contribution in [0.5, 0.6) is 0 Å². The molecule has 1 amide bonds. The first-order valence-electron chi connectivity index (χ1n) is 8.29. The Morgan fingerprint density at radius 1 is 1.21 bits per heavy atom. The van der Waals surface area contributed by atoms with E-state index in [0.29, 0.717) is 6.54 Å². The molecule has 0 saturated heterocycles. The minimum atomic E-state index is 0.0182. The number of thiophene rings is 1. The van der Waals surface area contributed by atoms with E-state index in [9.17, 15) is 4.79 Å². The van der Waals surface area contributed by atoms with E-state index in [0.717, 1.165) is 29.0 Å². The number of carbonyl (C=O) groups is 1. The van der Waals surface area contributed by atoms with Crippen molar-refractivity contribution in [2.24, 2.45) is 0 Å². The van der Waals surface area contributed by atoms with E-state index in [-0.39, 0.29) is 5.91 Å². The zero-order valence-corrected chi connectivity index (χ0v) is 14.2. The lowest BCUT2D eigenvalue weighted by Gasteiger charge is -2.10. The zero-order valence-electron chi connectivity index (χ0n) is 13.4. The smallest absolute Gasteiger partial charge is 0.261 e. The number of nitrogens with one attached hydrogen (secondary N) is 1. The standard InChI is InChI=1S/C19H19N3OS/c23-19(18-12-14-6-2-4-9-17(14)24-18)20-13-15-7-1-3-8-16(15)22-11-5-10-21-22/h1,3,5,7-8,10-12H,2,4,6,9,13H2,(H,20,23). The van der Waals surface area contributed by atoms with Crippen LogP contribution >= 0.6 is 11.3 Å². The van der Waals surface area contributed by atoms with Gasteiger partial charge in [-0.2, -0.15) is 5.10 Å². The molecule has 1 aliphatic rings. The molecule has 0 saturated carbocycles. The maximum atomic E-state index is 12.5. The van der Waals surface area contributed by atoms with Gasteiger partial charge in [0.15, 0.2) is 0 Å². The highest BCUT2D eigenvalue weighted by Crippen LogP contribution is 2.29. The summed E-state index contributed by atoms with van der Waals surface area (Å²) in [5, 5.41) is 7.34. The Morgan fingerprint density at radius 3 is 2.92 bits per heavy atom. The van der Waals surface area contributed by atoms with Gasteiger partial charge >= 0.3 is 0 Å². The first kappa shape index (κ1) is 15.1. The molecule has 0 fully saturated rings. The van der Waals surface area contributed by atoms with Gasteiger partial charge in [-0.05, 0) is 55.0 Å². The lowest BCUT2D eigenvalue weighted by Crippen LogP contribution is -2.22. The van der Waals surface area contributed by atoms with Crippen LogP contribution in [0.25, 0.3) is 5.69 Å². The average molecular weight is 337 g/mol. The maximum absolute atomic E-state index is 12.5. The summed E-state index contributed by atoms with van der Waals surface area (Å²) in [5.41, 5.74) is 3.41. The van der Waals surface area contributed by atoms with Crippen LogP contribution in [-0.2, 0) is 19.4 Å². The summed E-state index contributed by atoms with van der Waals surface area (Å²) in [6, 6.07) is 12.0. The van der Waals surface area contributed by atoms with Gasteiger partial charge in [0.2, 0.25) is 0 Å². The van der Waals surface area contributed by atoms with E-state index in [1.54, 1.807) is 17.5 Å². The van der Waals surface area contributed by atoms with Gasteiger partial charge < -0.3 is 5.32 Å². The third kappa shape index (κ3) is 2.99. The van der Waals surface area contributed by atoms with Crippen LogP contribution < -0.4 is 5.32 Å². The molecule has 2 aromatic heterocycles. The fourth-order valence-electron chi connectivity index (χ4n) is 3.16. The number of fused-ring (bicyclic) bond motifs is 1. The first-order valence-corrected chi connectivity index (χ1v) is 9.10. The molecule has 24 heavy (non-hydrogen) atoms. The van der Waals surface area contributed by atoms with E-state index in [1.807, 2.05) is 41.2 Å². The minimum Gasteiger partial charge on any atom is -0.347 e. The number of nitrogens with zero attached hydrogens (tertiary/aromatic N) is 2. The Morgan fingerprint density at radius 2 is 2.08 bits per heavy atom. The molecule has 1 aliphatic carbocycles. The first-order chi connectivity index (χ1) is 11.8. The van der Waals surface area contributed by atoms with Gasteiger partial charge in [-0.25, -0.2) is 4.68 Å². The van der Waals surface area contributed by atoms with Crippen LogP contribution in [0.3, 0.4) is 0 Å². The zero-order chi connectivity index (χ0) is 16.4. The molecule has 4 rings (SSSR count). The number of rotatable bonds is 4. The molecule has 4 nitrogen and oxygen atoms in total. The molecule has 0 spiro atoms. The average Bonchev–Trinajstić information content (AvgIpc) is 3.29. The Balaban J connectivity index is 1.49. The molecule has 0 unspecified atom stereocenters. The second-order valence-electron chi connectivity index (χ2n) is 6.03. The SMILES string of the molecule is O=C(NCc1ccccc1-n1cccn1)c1cc2c(s1)CCCC2. The molecule has 0 bridgehead atoms. The highest BCUT2D eigenvalue weighted by molar-refractivity contribution is 7.14. The predicted molar refractivity (Wildman–Crippen MR) is 95.7 cm³/mol. The molecular weight excluding hydrogens is 318 g/mol. The number of aromatic nitrogens is 2. The number of hydrogen-bond acceptors (Lipinski definition) is 3. The fraction of sp³-hybridized carbons (Fsp3) is 0.263. The minimum absolute atomic E-state index is 0.0182. The highest BCUT2D eigenvalue weighted by atomic mass is 32.1. The van der Waals surface area contributed by atoms with Gasteiger partial charge in [0.05, 0.1) is 10.6 Å². The van der Waals surface area contributed by atoms with E-state index in [4.69, 9.17) is 0 Å². The second-order valence-corrected chi connectivity index (χ2v) is 7.16. The Hall–Kier alpha value is -2.40. The van der Waals surface area contributed by atoms with Crippen molar-refractivity contribution in [3.05, 3.63) is 69.7 Å². The number of benzene rings is 1. The van der Waals surface area contributed by atoms with Crippen LogP contribution in [0.1, 0.15) is 38.5 Å². The van der Waals surface area contributed by atoms with Crippen molar-refractivity contribution >= 4 is 17.2 Å². The van der Waals surface area contributed by atoms with E-state index >= 15 is 0 Å². The van der Waals surface area contributed by atoms with Crippen molar-refractivity contribution < 1.29 is 4.79 Å². The molecule has 2 heterocycles. The molecule has 1 N–H and O–H groups in total. The number of carbonyl (C=O) groups excluding carboxylic acids is 1. The third-order valence-corrected chi connectivity index (χ3v) is 5.64. The summed E-state index contributed by atoms with van der Waals surface area (Å²) < 4.78 is 1.82. The molecule has 0 atom stereocenters. The maximum Gasteiger partial charge on any atom is 0.261 e. The number of hydrogen-bond donors (Lipinski definition) is 1. The van der Waals surface area contributed by atoms with Crippen LogP contribution in [0.4, 0.5) is 0 Å². The van der Waals surface area contributed by atoms with Gasteiger partial charge in [0, 0.05) is 23.8 Å². The fourth-order valence-corrected chi connectivity index (χ4v) is 4.33. The summed E-state index contributed by atoms with van der Waals surface area (Å²) in [4.78, 5) is 14.7. The lowest BCUT2D eigenvalue weighted by atomic mass is 9.99. The quantitative estimate of drug-likeness (QED) is 0.788. The molecule has 5 heteroatoms. The summed E-state index contributed by atoms with van der Waals surface area (Å²) in [6.45, 7) is 0.497. The van der Waals surface area contributed by atoms with Crippen LogP contribution in [0.15, 0.2) is 48.8 Å². The summed E-state index contributed by atoms with van der Waals surface area (Å²) in [6.07, 6.45) is 8.38. The largest absolute Gasteiger partial charge is 0.347 e. The number of amides is 1. The summed E-state index contributed by atoms with van der Waals surface area (Å²) in [7, 11) is 0. The monoisotopic (exact) mass is 337 g/mol. The van der Waals surface area contributed by atoms with Crippen molar-refractivity contribution in [3.63, 3.8) is 0 Å². The topological polar surface area (TPSA) is 46.9 Å². The summed E-state index contributed by atoms with van der Waals surface area (Å²) in [5.74, 6) is 0.0182. The van der Waals surface area contributed by atoms with Gasteiger partial charge in [0.1, 0.15) is 0 Å². The molecule has 1 aromatic carbocycles. The Kier molecular flexibility index (Phi) is 4.17. The second kappa shape index (κ2) is 6.61. The van der Waals surface area contributed by atoms with E-state index < -0.39 is 0 Å². The Labute approximate surface area is 145 Å². The van der Waals surface area contributed by atoms with Crippen molar-refractivity contribution in [2.45, 2.75) is 32.2 Å². The normalized spacial score (nSPS) is 13.5. The van der Waals surface area contributed by atoms with E-state index in [1.165, 1.54) is 23.3 Å². The number of para-hydroxylation sites is 1. The number of aryl methyl sites for hydroxylation is 2. The van der Waals surface area contributed by atoms with Gasteiger partial charge in [0.25, 0.3) is 5.91 Å². The van der Waals surface area contributed by atoms with Gasteiger partial charge in [-0.3, -0.25) is 4.79 Å². The highest BCUT2D eigenvalue weighted by Gasteiger charge is 2.17. The van der Waals surface area contributed by atoms with E-state index in [2.05, 4.69) is 16.5 Å². The third-order valence-electron chi connectivity index (χ3n) is 4.40. The van der Waals surface area contributed by atoms with Gasteiger partial charge in [-0.1, -0.05) is 18.2 Å². The molecule has 122 valence electrons. The van der Waals surface area contributed by atoms with Crippen LogP contribution in [-0.4, -0.2) is 15.7 Å². The van der Waals surface area contributed by atoms with Crippen molar-refractivity contribution in [1.82, 2.24) is 15.1 Å². The lowest BCUT2D eigenvalue weighted by molar-refractivity contribution is 0.0955. The van der Waals surface area contributed by atoms with Crippen LogP contribution in [0.2, 0.25) is 0 Å². The van der Waals surface area contributed by atoms with Crippen molar-refractivity contribution in [3.8, 4) is 5.69 Å². The van der Waals surface area contributed by atoms with Crippen molar-refractivity contribution in [2.75, 3.05) is 0 Å². The Bertz CT molecular complexity index is 828. The van der Waals surface area contributed by atoms with Crippen LogP contribution in [0, 0.1) is 0 Å². The van der Waals surface area contributed by atoms with Crippen molar-refractivity contribution in [1.29, 1.82) is 0 Å². The molecule has 0 aliphatic heterocycles. The molecular formula is C19H19N3OS.